The van der Waals surface area contributed by atoms with E-state index in [0.29, 0.717) is 43.3 Å². The number of aromatic nitrogens is 5. The molecule has 0 atom stereocenters. The Labute approximate surface area is 199 Å². The maximum Gasteiger partial charge on any atom is 0.406 e. The summed E-state index contributed by atoms with van der Waals surface area (Å²) >= 11 is 0. The third-order valence-electron chi connectivity index (χ3n) is 6.09. The molecule has 0 aliphatic carbocycles. The van der Waals surface area contributed by atoms with Crippen LogP contribution in [0.2, 0.25) is 0 Å². The lowest BCUT2D eigenvalue weighted by Crippen LogP contribution is -2.61. The van der Waals surface area contributed by atoms with Crippen LogP contribution in [0.5, 0.6) is 11.5 Å². The van der Waals surface area contributed by atoms with Gasteiger partial charge in [0.05, 0.1) is 36.4 Å². The van der Waals surface area contributed by atoms with E-state index in [9.17, 15) is 13.2 Å². The Balaban J connectivity index is 1.46. The number of fused-ring (bicyclic) bond motifs is 1. The molecular formula is C22H24F3N7O3. The minimum atomic E-state index is -4.42. The van der Waals surface area contributed by atoms with E-state index in [1.807, 2.05) is 13.1 Å². The Bertz CT molecular complexity index is 1210. The SMILES string of the molecule is COc1cc(Nc2ncc3c(n2)N(CC(F)(F)F)C2(CCOCC2)CO3)cnc1-n1cnc(C)c1. The average Bonchev–Trinajstić information content (AvgIpc) is 3.27. The molecule has 0 radical (unpaired) electrons. The van der Waals surface area contributed by atoms with Gasteiger partial charge in [0.15, 0.2) is 23.1 Å². The van der Waals surface area contributed by atoms with Gasteiger partial charge in [0.2, 0.25) is 5.95 Å². The molecule has 0 bridgehead atoms. The van der Waals surface area contributed by atoms with Crippen LogP contribution in [0.3, 0.4) is 0 Å². The molecule has 35 heavy (non-hydrogen) atoms. The molecule has 0 saturated carbocycles. The minimum Gasteiger partial charge on any atom is -0.493 e. The van der Waals surface area contributed by atoms with Gasteiger partial charge in [0.25, 0.3) is 0 Å². The van der Waals surface area contributed by atoms with Crippen molar-refractivity contribution in [1.29, 1.82) is 0 Å². The van der Waals surface area contributed by atoms with E-state index in [2.05, 4.69) is 25.3 Å². The maximum absolute atomic E-state index is 13.6. The standard InChI is InChI=1S/C22H24F3N7O3/c1-14-10-31(13-28-14)18-16(33-2)7-15(8-26-18)29-20-27-9-17-19(30-20)32(11-22(23,24)25)21(12-35-17)3-5-34-6-4-21/h7-10,13H,3-6,11-12H2,1-2H3,(H,27,29,30). The normalized spacial score (nSPS) is 17.1. The van der Waals surface area contributed by atoms with Crippen molar-refractivity contribution in [3.8, 4) is 17.3 Å². The summed E-state index contributed by atoms with van der Waals surface area (Å²) in [5.41, 5.74) is 0.482. The molecule has 5 heterocycles. The van der Waals surface area contributed by atoms with Crippen LogP contribution in [-0.4, -0.2) is 69.7 Å². The minimum absolute atomic E-state index is 0.0958. The van der Waals surface area contributed by atoms with E-state index in [-0.39, 0.29) is 24.1 Å². The number of anilines is 3. The van der Waals surface area contributed by atoms with Crippen LogP contribution >= 0.6 is 0 Å². The molecule has 3 aromatic heterocycles. The second-order valence-corrected chi connectivity index (χ2v) is 8.51. The van der Waals surface area contributed by atoms with Crippen molar-refractivity contribution in [1.82, 2.24) is 24.5 Å². The van der Waals surface area contributed by atoms with E-state index in [4.69, 9.17) is 14.2 Å². The maximum atomic E-state index is 13.6. The Morgan fingerprint density at radius 1 is 1.14 bits per heavy atom. The van der Waals surface area contributed by atoms with Gasteiger partial charge < -0.3 is 24.4 Å². The molecule has 0 aromatic carbocycles. The summed E-state index contributed by atoms with van der Waals surface area (Å²) in [6, 6.07) is 1.70. The van der Waals surface area contributed by atoms with E-state index in [0.717, 1.165) is 5.69 Å². The molecule has 13 heteroatoms. The van der Waals surface area contributed by atoms with Crippen molar-refractivity contribution in [3.63, 3.8) is 0 Å². The highest BCUT2D eigenvalue weighted by molar-refractivity contribution is 5.63. The number of aryl methyl sites for hydroxylation is 1. The largest absolute Gasteiger partial charge is 0.493 e. The topological polar surface area (TPSA) is 99.5 Å². The summed E-state index contributed by atoms with van der Waals surface area (Å²) in [4.78, 5) is 18.6. The highest BCUT2D eigenvalue weighted by atomic mass is 19.4. The molecule has 10 nitrogen and oxygen atoms in total. The van der Waals surface area contributed by atoms with E-state index in [1.165, 1.54) is 18.2 Å². The highest BCUT2D eigenvalue weighted by Crippen LogP contribution is 2.43. The van der Waals surface area contributed by atoms with Gasteiger partial charge in [0.1, 0.15) is 19.5 Å². The molecule has 3 aromatic rings. The summed E-state index contributed by atoms with van der Waals surface area (Å²) in [6.07, 6.45) is 2.77. The molecule has 1 saturated heterocycles. The van der Waals surface area contributed by atoms with Crippen LogP contribution in [0.1, 0.15) is 18.5 Å². The van der Waals surface area contributed by atoms with Crippen molar-refractivity contribution in [3.05, 3.63) is 36.7 Å². The van der Waals surface area contributed by atoms with Crippen LogP contribution in [0.25, 0.3) is 5.82 Å². The number of rotatable bonds is 5. The fraction of sp³-hybridized carbons (Fsp3) is 0.455. The zero-order chi connectivity index (χ0) is 24.6. The Morgan fingerprint density at radius 2 is 1.94 bits per heavy atom. The van der Waals surface area contributed by atoms with Gasteiger partial charge in [-0.2, -0.15) is 18.2 Å². The lowest BCUT2D eigenvalue weighted by atomic mass is 9.87. The van der Waals surface area contributed by atoms with Gasteiger partial charge in [-0.25, -0.2) is 15.0 Å². The molecule has 5 rings (SSSR count). The molecule has 186 valence electrons. The Kier molecular flexibility index (Phi) is 5.87. The average molecular weight is 491 g/mol. The number of hydrogen-bond donors (Lipinski definition) is 1. The third-order valence-corrected chi connectivity index (χ3v) is 6.09. The predicted molar refractivity (Wildman–Crippen MR) is 120 cm³/mol. The van der Waals surface area contributed by atoms with Gasteiger partial charge in [-0.3, -0.25) is 4.57 Å². The van der Waals surface area contributed by atoms with Gasteiger partial charge in [-0.15, -0.1) is 0 Å². The first-order chi connectivity index (χ1) is 16.8. The van der Waals surface area contributed by atoms with Gasteiger partial charge in [-0.05, 0) is 19.8 Å². The zero-order valence-corrected chi connectivity index (χ0v) is 19.2. The fourth-order valence-electron chi connectivity index (χ4n) is 4.34. The molecule has 1 spiro atoms. The molecular weight excluding hydrogens is 467 g/mol. The third kappa shape index (κ3) is 4.67. The number of nitrogens with one attached hydrogen (secondary N) is 1. The van der Waals surface area contributed by atoms with Crippen molar-refractivity contribution in [2.45, 2.75) is 31.5 Å². The molecule has 0 amide bonds. The first-order valence-electron chi connectivity index (χ1n) is 11.0. The van der Waals surface area contributed by atoms with Gasteiger partial charge in [0, 0.05) is 25.5 Å². The van der Waals surface area contributed by atoms with Crippen LogP contribution in [0.4, 0.5) is 30.6 Å². The fourth-order valence-corrected chi connectivity index (χ4v) is 4.34. The Hall–Kier alpha value is -3.61. The number of ether oxygens (including phenoxy) is 3. The summed E-state index contributed by atoms with van der Waals surface area (Å²) in [6.45, 7) is 1.55. The second-order valence-electron chi connectivity index (χ2n) is 8.51. The van der Waals surface area contributed by atoms with E-state index < -0.39 is 18.3 Å². The monoisotopic (exact) mass is 491 g/mol. The highest BCUT2D eigenvalue weighted by Gasteiger charge is 2.48. The predicted octanol–water partition coefficient (Wildman–Crippen LogP) is 3.43. The number of methoxy groups -OCH3 is 1. The quantitative estimate of drug-likeness (QED) is 0.575. The zero-order valence-electron chi connectivity index (χ0n) is 19.2. The summed E-state index contributed by atoms with van der Waals surface area (Å²) in [7, 11) is 1.52. The van der Waals surface area contributed by atoms with Crippen LogP contribution in [0, 0.1) is 6.92 Å². The second kappa shape index (κ2) is 8.87. The first-order valence-corrected chi connectivity index (χ1v) is 11.0. The lowest BCUT2D eigenvalue weighted by molar-refractivity contribution is -0.126. The first kappa shape index (κ1) is 23.1. The molecule has 0 unspecified atom stereocenters. The lowest BCUT2D eigenvalue weighted by Gasteiger charge is -2.49. The molecule has 1 N–H and O–H groups in total. The van der Waals surface area contributed by atoms with Crippen LogP contribution in [0.15, 0.2) is 31.0 Å². The van der Waals surface area contributed by atoms with Crippen molar-refractivity contribution < 1.29 is 27.4 Å². The van der Waals surface area contributed by atoms with Crippen molar-refractivity contribution in [2.24, 2.45) is 0 Å². The molecule has 2 aliphatic rings. The van der Waals surface area contributed by atoms with Crippen molar-refractivity contribution in [2.75, 3.05) is 43.7 Å². The summed E-state index contributed by atoms with van der Waals surface area (Å²) in [5.74, 6) is 1.42. The summed E-state index contributed by atoms with van der Waals surface area (Å²) in [5, 5.41) is 3.01. The van der Waals surface area contributed by atoms with Crippen molar-refractivity contribution >= 4 is 17.5 Å². The number of imidazole rings is 1. The van der Waals surface area contributed by atoms with Gasteiger partial charge >= 0.3 is 6.18 Å². The van der Waals surface area contributed by atoms with Crippen LogP contribution in [-0.2, 0) is 4.74 Å². The smallest absolute Gasteiger partial charge is 0.406 e. The summed E-state index contributed by atoms with van der Waals surface area (Å²) < 4.78 is 59.1. The number of alkyl halides is 3. The van der Waals surface area contributed by atoms with E-state index in [1.54, 1.807) is 23.2 Å². The number of nitrogens with zero attached hydrogens (tertiary/aromatic N) is 6. The number of pyridine rings is 1. The number of halogens is 3. The molecule has 1 fully saturated rings. The van der Waals surface area contributed by atoms with Crippen LogP contribution < -0.4 is 19.7 Å². The van der Waals surface area contributed by atoms with Gasteiger partial charge in [-0.1, -0.05) is 0 Å². The van der Waals surface area contributed by atoms with E-state index >= 15 is 0 Å². The Morgan fingerprint density at radius 3 is 2.63 bits per heavy atom. The molecule has 2 aliphatic heterocycles. The number of hydrogen-bond acceptors (Lipinski definition) is 9.